The molecule has 0 atom stereocenters. The Bertz CT molecular complexity index is 392. The first-order chi connectivity index (χ1) is 6.75. The lowest BCUT2D eigenvalue weighted by Crippen LogP contribution is -1.79. The van der Waals surface area contributed by atoms with E-state index in [0.717, 1.165) is 16.1 Å². The fraction of sp³-hybridized carbons (Fsp3) is 0.200. The third kappa shape index (κ3) is 2.80. The highest BCUT2D eigenvalue weighted by molar-refractivity contribution is 6.32. The average molecular weight is 208 g/mol. The highest BCUT2D eigenvalue weighted by Gasteiger charge is 1.97. The fourth-order valence-electron chi connectivity index (χ4n) is 1.06. The van der Waals surface area contributed by atoms with Crippen molar-refractivity contribution in [3.63, 3.8) is 0 Å². The van der Waals surface area contributed by atoms with E-state index in [9.17, 15) is 0 Å². The lowest BCUT2D eigenvalue weighted by molar-refractivity contribution is 1.22. The summed E-state index contributed by atoms with van der Waals surface area (Å²) in [7, 11) is 0. The van der Waals surface area contributed by atoms with Crippen molar-refractivity contribution in [3.8, 4) is 0 Å². The van der Waals surface area contributed by atoms with Crippen molar-refractivity contribution in [1.29, 1.82) is 0 Å². The summed E-state index contributed by atoms with van der Waals surface area (Å²) in [5, 5.41) is 4.13. The Hall–Kier alpha value is -1.44. The predicted octanol–water partition coefficient (Wildman–Crippen LogP) is 3.97. The van der Waals surface area contributed by atoms with Gasteiger partial charge in [-0.05, 0) is 23.6 Å². The monoisotopic (exact) mass is 207 g/mol. The van der Waals surface area contributed by atoms with Crippen LogP contribution in [0.5, 0.6) is 0 Å². The number of hydrogen-bond acceptors (Lipinski definition) is 1. The Morgan fingerprint density at radius 3 is 3.07 bits per heavy atom. The van der Waals surface area contributed by atoms with Crippen LogP contribution in [0.3, 0.4) is 0 Å². The molecule has 1 aromatic carbocycles. The van der Waals surface area contributed by atoms with Gasteiger partial charge in [-0.1, -0.05) is 47.1 Å². The van der Waals surface area contributed by atoms with Crippen molar-refractivity contribution in [3.05, 3.63) is 50.9 Å². The lowest BCUT2D eigenvalue weighted by Gasteiger charge is -2.00. The van der Waals surface area contributed by atoms with Crippen LogP contribution in [-0.2, 0) is 0 Å². The number of nitrogens with zero attached hydrogens (tertiary/aromatic N) is 3. The van der Waals surface area contributed by atoms with Gasteiger partial charge in [0.1, 0.15) is 0 Å². The zero-order chi connectivity index (χ0) is 10.4. The molecular formula is C10H10ClN3. The fourth-order valence-corrected chi connectivity index (χ4v) is 1.25. The molecule has 0 N–H and O–H groups in total. The van der Waals surface area contributed by atoms with Gasteiger partial charge in [-0.3, -0.25) is 0 Å². The number of rotatable bonds is 3. The molecule has 0 saturated heterocycles. The molecule has 1 aromatic rings. The van der Waals surface area contributed by atoms with Crippen LogP contribution < -0.4 is 0 Å². The Morgan fingerprint density at radius 1 is 1.57 bits per heavy atom. The molecule has 0 unspecified atom stereocenters. The van der Waals surface area contributed by atoms with Crippen LogP contribution in [0.4, 0.5) is 0 Å². The highest BCUT2D eigenvalue weighted by atomic mass is 35.5. The van der Waals surface area contributed by atoms with Crippen LogP contribution in [0, 0.1) is 6.92 Å². The van der Waals surface area contributed by atoms with Gasteiger partial charge in [0.2, 0.25) is 0 Å². The van der Waals surface area contributed by atoms with E-state index >= 15 is 0 Å². The summed E-state index contributed by atoms with van der Waals surface area (Å²) in [6, 6.07) is 5.81. The van der Waals surface area contributed by atoms with E-state index in [4.69, 9.17) is 17.1 Å². The van der Waals surface area contributed by atoms with E-state index in [0.29, 0.717) is 6.54 Å². The average Bonchev–Trinajstić information content (AvgIpc) is 2.19. The molecule has 0 radical (unpaired) electrons. The summed E-state index contributed by atoms with van der Waals surface area (Å²) in [6.07, 6.45) is 3.63. The largest absolute Gasteiger partial charge is 0.0899 e. The third-order valence-corrected chi connectivity index (χ3v) is 2.29. The number of halogens is 1. The smallest absolute Gasteiger partial charge is 0.0507 e. The van der Waals surface area contributed by atoms with Crippen LogP contribution >= 0.6 is 11.6 Å². The van der Waals surface area contributed by atoms with Crippen molar-refractivity contribution in [1.82, 2.24) is 0 Å². The summed E-state index contributed by atoms with van der Waals surface area (Å²) in [5.74, 6) is 0. The summed E-state index contributed by atoms with van der Waals surface area (Å²) in [6.45, 7) is 2.30. The van der Waals surface area contributed by atoms with Crippen LogP contribution in [0.25, 0.3) is 16.5 Å². The van der Waals surface area contributed by atoms with E-state index in [1.807, 2.05) is 31.2 Å². The molecule has 72 valence electrons. The highest BCUT2D eigenvalue weighted by Crippen LogP contribution is 2.21. The minimum atomic E-state index is 0.348. The van der Waals surface area contributed by atoms with Crippen molar-refractivity contribution < 1.29 is 0 Å². The first-order valence-corrected chi connectivity index (χ1v) is 4.56. The van der Waals surface area contributed by atoms with Gasteiger partial charge in [-0.2, -0.15) is 0 Å². The Kier molecular flexibility index (Phi) is 4.05. The minimum absolute atomic E-state index is 0.348. The van der Waals surface area contributed by atoms with Gasteiger partial charge in [-0.25, -0.2) is 0 Å². The van der Waals surface area contributed by atoms with Crippen LogP contribution in [-0.4, -0.2) is 6.54 Å². The van der Waals surface area contributed by atoms with Gasteiger partial charge in [-0.15, -0.1) is 0 Å². The molecule has 1 rings (SSSR count). The molecule has 0 fully saturated rings. The summed E-state index contributed by atoms with van der Waals surface area (Å²) < 4.78 is 0. The maximum Gasteiger partial charge on any atom is 0.0507 e. The Labute approximate surface area is 87.6 Å². The molecule has 0 amide bonds. The van der Waals surface area contributed by atoms with E-state index < -0.39 is 0 Å². The zero-order valence-electron chi connectivity index (χ0n) is 7.81. The topological polar surface area (TPSA) is 48.8 Å². The molecule has 0 aromatic heterocycles. The van der Waals surface area contributed by atoms with Gasteiger partial charge in [0.15, 0.2) is 0 Å². The molecule has 0 aliphatic carbocycles. The van der Waals surface area contributed by atoms with Gasteiger partial charge in [0, 0.05) is 11.5 Å². The number of aryl methyl sites for hydroxylation is 1. The molecule has 3 nitrogen and oxygen atoms in total. The van der Waals surface area contributed by atoms with Crippen molar-refractivity contribution in [2.24, 2.45) is 5.11 Å². The number of benzene rings is 1. The molecule has 0 aliphatic rings. The van der Waals surface area contributed by atoms with Crippen molar-refractivity contribution in [2.75, 3.05) is 6.54 Å². The summed E-state index contributed by atoms with van der Waals surface area (Å²) in [5.41, 5.74) is 10.0. The Balaban J connectivity index is 2.81. The first-order valence-electron chi connectivity index (χ1n) is 4.18. The normalized spacial score (nSPS) is 10.1. The zero-order valence-corrected chi connectivity index (χ0v) is 8.57. The SMILES string of the molecule is Cc1cccc(C=CCN=[N+]=[N-])c1Cl. The molecule has 14 heavy (non-hydrogen) atoms. The van der Waals surface area contributed by atoms with E-state index in [1.54, 1.807) is 6.08 Å². The molecule has 0 heterocycles. The Morgan fingerprint density at radius 2 is 2.36 bits per heavy atom. The van der Waals surface area contributed by atoms with Gasteiger partial charge < -0.3 is 0 Å². The molecule has 0 aliphatic heterocycles. The van der Waals surface area contributed by atoms with Gasteiger partial charge in [0.05, 0.1) is 5.02 Å². The minimum Gasteiger partial charge on any atom is -0.0899 e. The van der Waals surface area contributed by atoms with Crippen molar-refractivity contribution in [2.45, 2.75) is 6.92 Å². The second-order valence-corrected chi connectivity index (χ2v) is 3.17. The van der Waals surface area contributed by atoms with Crippen molar-refractivity contribution >= 4 is 17.7 Å². The first kappa shape index (κ1) is 10.6. The van der Waals surface area contributed by atoms with Crippen LogP contribution in [0.2, 0.25) is 5.02 Å². The van der Waals surface area contributed by atoms with Crippen LogP contribution in [0.1, 0.15) is 11.1 Å². The second kappa shape index (κ2) is 5.32. The van der Waals surface area contributed by atoms with Crippen LogP contribution in [0.15, 0.2) is 29.4 Å². The van der Waals surface area contributed by atoms with E-state index in [1.165, 1.54) is 0 Å². The maximum atomic E-state index is 8.06. The standard InChI is InChI=1S/C10H10ClN3/c1-8-4-2-5-9(10(8)11)6-3-7-13-14-12/h2-6H,7H2,1H3. The molecule has 0 saturated carbocycles. The summed E-state index contributed by atoms with van der Waals surface area (Å²) in [4.78, 5) is 2.65. The maximum absolute atomic E-state index is 8.06. The van der Waals surface area contributed by atoms with E-state index in [2.05, 4.69) is 10.0 Å². The van der Waals surface area contributed by atoms with E-state index in [-0.39, 0.29) is 0 Å². The summed E-state index contributed by atoms with van der Waals surface area (Å²) >= 11 is 6.05. The lowest BCUT2D eigenvalue weighted by atomic mass is 10.1. The molecule has 0 spiro atoms. The molecular weight excluding hydrogens is 198 g/mol. The molecule has 4 heteroatoms. The second-order valence-electron chi connectivity index (χ2n) is 2.79. The number of azide groups is 1. The quantitative estimate of drug-likeness (QED) is 0.409. The molecule has 0 bridgehead atoms. The van der Waals surface area contributed by atoms with Gasteiger partial charge in [0.25, 0.3) is 0 Å². The predicted molar refractivity (Wildman–Crippen MR) is 59.2 cm³/mol. The van der Waals surface area contributed by atoms with Gasteiger partial charge >= 0.3 is 0 Å². The number of hydrogen-bond donors (Lipinski definition) is 0. The third-order valence-electron chi connectivity index (χ3n) is 1.77.